The number of hydrogen-bond acceptors (Lipinski definition) is 1. The third-order valence-corrected chi connectivity index (χ3v) is 4.13. The second kappa shape index (κ2) is 3.34. The molecular formula is C14H18O. The topological polar surface area (TPSA) is 20.2 Å². The van der Waals surface area contributed by atoms with Crippen LogP contribution in [0.3, 0.4) is 0 Å². The zero-order valence-corrected chi connectivity index (χ0v) is 9.13. The van der Waals surface area contributed by atoms with Crippen molar-refractivity contribution < 1.29 is 5.11 Å². The molecule has 2 aliphatic carbocycles. The molecule has 1 nitrogen and oxygen atoms in total. The standard InChI is InChI=1S/C14H18O/c15-10-11-4-5-12-3-1-2-6-14(7-8-14)13(12)9-11/h4-5,9,15H,1-3,6-8,10H2. The molecule has 1 aromatic carbocycles. The fourth-order valence-corrected chi connectivity index (χ4v) is 3.02. The summed E-state index contributed by atoms with van der Waals surface area (Å²) in [7, 11) is 0. The Morgan fingerprint density at radius 3 is 2.73 bits per heavy atom. The number of hydrogen-bond donors (Lipinski definition) is 1. The summed E-state index contributed by atoms with van der Waals surface area (Å²) < 4.78 is 0. The van der Waals surface area contributed by atoms with E-state index in [1.54, 1.807) is 11.1 Å². The van der Waals surface area contributed by atoms with E-state index in [-0.39, 0.29) is 6.61 Å². The first-order valence-corrected chi connectivity index (χ1v) is 6.07. The minimum atomic E-state index is 0.184. The molecule has 1 spiro atoms. The van der Waals surface area contributed by atoms with Gasteiger partial charge in [-0.25, -0.2) is 0 Å². The molecule has 2 aliphatic rings. The van der Waals surface area contributed by atoms with Crippen LogP contribution in [0.15, 0.2) is 18.2 Å². The van der Waals surface area contributed by atoms with Crippen LogP contribution in [0.4, 0.5) is 0 Å². The fraction of sp³-hybridized carbons (Fsp3) is 0.571. The zero-order chi connectivity index (χ0) is 10.3. The normalized spacial score (nSPS) is 22.2. The maximum Gasteiger partial charge on any atom is 0.0681 e. The summed E-state index contributed by atoms with van der Waals surface area (Å²) in [6, 6.07) is 6.58. The van der Waals surface area contributed by atoms with Gasteiger partial charge < -0.3 is 5.11 Å². The SMILES string of the molecule is OCc1ccc2c(c1)C1(CCCC2)CC1. The molecule has 1 N–H and O–H groups in total. The van der Waals surface area contributed by atoms with Crippen LogP contribution in [0.1, 0.15) is 48.8 Å². The largest absolute Gasteiger partial charge is 0.392 e. The molecule has 0 aliphatic heterocycles. The van der Waals surface area contributed by atoms with E-state index < -0.39 is 0 Å². The monoisotopic (exact) mass is 202 g/mol. The predicted octanol–water partition coefficient (Wildman–Crippen LogP) is 2.94. The Hall–Kier alpha value is -0.820. The summed E-state index contributed by atoms with van der Waals surface area (Å²) in [5.74, 6) is 0. The number of rotatable bonds is 1. The third-order valence-electron chi connectivity index (χ3n) is 4.13. The molecule has 0 bridgehead atoms. The van der Waals surface area contributed by atoms with Gasteiger partial charge in [0.2, 0.25) is 0 Å². The van der Waals surface area contributed by atoms with Crippen LogP contribution in [0.25, 0.3) is 0 Å². The van der Waals surface area contributed by atoms with Crippen LogP contribution in [0, 0.1) is 0 Å². The van der Waals surface area contributed by atoms with Gasteiger partial charge in [-0.2, -0.15) is 0 Å². The molecule has 1 heteroatoms. The lowest BCUT2D eigenvalue weighted by Crippen LogP contribution is -2.07. The molecule has 1 saturated carbocycles. The molecule has 0 atom stereocenters. The Balaban J connectivity index is 2.08. The van der Waals surface area contributed by atoms with Crippen molar-refractivity contribution in [3.05, 3.63) is 34.9 Å². The number of benzene rings is 1. The van der Waals surface area contributed by atoms with E-state index in [0.29, 0.717) is 5.41 Å². The van der Waals surface area contributed by atoms with Crippen molar-refractivity contribution >= 4 is 0 Å². The first-order chi connectivity index (χ1) is 7.34. The molecule has 0 radical (unpaired) electrons. The Labute approximate surface area is 91.1 Å². The summed E-state index contributed by atoms with van der Waals surface area (Å²) in [6.45, 7) is 0.184. The van der Waals surface area contributed by atoms with Gasteiger partial charge in [-0.05, 0) is 54.2 Å². The van der Waals surface area contributed by atoms with Gasteiger partial charge >= 0.3 is 0 Å². The van der Waals surface area contributed by atoms with Crippen molar-refractivity contribution in [1.29, 1.82) is 0 Å². The van der Waals surface area contributed by atoms with Gasteiger partial charge in [0.15, 0.2) is 0 Å². The summed E-state index contributed by atoms with van der Waals surface area (Å²) in [5, 5.41) is 9.20. The summed E-state index contributed by atoms with van der Waals surface area (Å²) in [6.07, 6.45) is 8.07. The van der Waals surface area contributed by atoms with Gasteiger partial charge in [0, 0.05) is 0 Å². The average molecular weight is 202 g/mol. The predicted molar refractivity (Wildman–Crippen MR) is 60.8 cm³/mol. The first-order valence-electron chi connectivity index (χ1n) is 6.07. The van der Waals surface area contributed by atoms with E-state index in [4.69, 9.17) is 0 Å². The van der Waals surface area contributed by atoms with Gasteiger partial charge in [0.25, 0.3) is 0 Å². The summed E-state index contributed by atoms with van der Waals surface area (Å²) in [5.41, 5.74) is 4.72. The summed E-state index contributed by atoms with van der Waals surface area (Å²) >= 11 is 0. The Kier molecular flexibility index (Phi) is 2.10. The van der Waals surface area contributed by atoms with Crippen molar-refractivity contribution in [2.24, 2.45) is 0 Å². The molecule has 1 aromatic rings. The lowest BCUT2D eigenvalue weighted by atomic mass is 9.88. The third kappa shape index (κ3) is 1.50. The first kappa shape index (κ1) is 9.41. The quantitative estimate of drug-likeness (QED) is 0.742. The van der Waals surface area contributed by atoms with Crippen molar-refractivity contribution in [3.63, 3.8) is 0 Å². The molecule has 1 fully saturated rings. The molecule has 0 saturated heterocycles. The highest BCUT2D eigenvalue weighted by Gasteiger charge is 2.45. The Morgan fingerprint density at radius 1 is 1.13 bits per heavy atom. The molecule has 0 aromatic heterocycles. The highest BCUT2D eigenvalue weighted by Crippen LogP contribution is 2.54. The van der Waals surface area contributed by atoms with Crippen LogP contribution >= 0.6 is 0 Å². The highest BCUT2D eigenvalue weighted by atomic mass is 16.3. The molecule has 0 heterocycles. The lowest BCUT2D eigenvalue weighted by molar-refractivity contribution is 0.281. The van der Waals surface area contributed by atoms with E-state index >= 15 is 0 Å². The minimum Gasteiger partial charge on any atom is -0.392 e. The van der Waals surface area contributed by atoms with Crippen LogP contribution < -0.4 is 0 Å². The average Bonchev–Trinajstić information content (AvgIpc) is 3.07. The van der Waals surface area contributed by atoms with Crippen molar-refractivity contribution in [2.75, 3.05) is 0 Å². The van der Waals surface area contributed by atoms with E-state index in [9.17, 15) is 5.11 Å². The maximum atomic E-state index is 9.20. The van der Waals surface area contributed by atoms with Gasteiger partial charge in [-0.1, -0.05) is 24.6 Å². The number of aliphatic hydroxyl groups is 1. The smallest absolute Gasteiger partial charge is 0.0681 e. The second-order valence-corrected chi connectivity index (χ2v) is 5.14. The van der Waals surface area contributed by atoms with Crippen molar-refractivity contribution in [2.45, 2.75) is 50.5 Å². The molecule has 0 unspecified atom stereocenters. The lowest BCUT2D eigenvalue weighted by Gasteiger charge is -2.16. The molecule has 0 amide bonds. The van der Waals surface area contributed by atoms with Crippen LogP contribution in [-0.4, -0.2) is 5.11 Å². The number of aliphatic hydroxyl groups excluding tert-OH is 1. The highest BCUT2D eigenvalue weighted by molar-refractivity contribution is 5.42. The van der Waals surface area contributed by atoms with Gasteiger partial charge in [0.1, 0.15) is 0 Å². The van der Waals surface area contributed by atoms with E-state index in [2.05, 4.69) is 18.2 Å². The number of fused-ring (bicyclic) bond motifs is 2. The van der Waals surface area contributed by atoms with Gasteiger partial charge in [-0.3, -0.25) is 0 Å². The summed E-state index contributed by atoms with van der Waals surface area (Å²) in [4.78, 5) is 0. The number of aryl methyl sites for hydroxylation is 1. The van der Waals surface area contributed by atoms with Gasteiger partial charge in [-0.15, -0.1) is 0 Å². The van der Waals surface area contributed by atoms with E-state index in [0.717, 1.165) is 5.56 Å². The van der Waals surface area contributed by atoms with E-state index in [1.165, 1.54) is 38.5 Å². The molecule has 80 valence electrons. The zero-order valence-electron chi connectivity index (χ0n) is 9.13. The van der Waals surface area contributed by atoms with Crippen LogP contribution in [0.2, 0.25) is 0 Å². The van der Waals surface area contributed by atoms with Crippen molar-refractivity contribution in [1.82, 2.24) is 0 Å². The molecule has 15 heavy (non-hydrogen) atoms. The maximum absolute atomic E-state index is 9.20. The van der Waals surface area contributed by atoms with Gasteiger partial charge in [0.05, 0.1) is 6.61 Å². The fourth-order valence-electron chi connectivity index (χ4n) is 3.02. The Bertz CT molecular complexity index is 377. The minimum absolute atomic E-state index is 0.184. The van der Waals surface area contributed by atoms with E-state index in [1.807, 2.05) is 0 Å². The Morgan fingerprint density at radius 2 is 2.00 bits per heavy atom. The van der Waals surface area contributed by atoms with Crippen LogP contribution in [0.5, 0.6) is 0 Å². The second-order valence-electron chi connectivity index (χ2n) is 5.14. The molecular weight excluding hydrogens is 184 g/mol. The van der Waals surface area contributed by atoms with Crippen molar-refractivity contribution in [3.8, 4) is 0 Å². The van der Waals surface area contributed by atoms with Crippen LogP contribution in [-0.2, 0) is 18.4 Å². The molecule has 3 rings (SSSR count).